The van der Waals surface area contributed by atoms with Crippen LogP contribution in [0.1, 0.15) is 92.5 Å². The number of phenolic OH excluding ortho intramolecular Hbond substituents is 1. The molecular weight excluding hydrogens is 899 g/mol. The number of Topliss-reactive ketones (excluding diaryl/α,β-unsaturated/α-hetero) is 1. The molecule has 9 N–H and O–H groups in total. The molecule has 3 aliphatic carbocycles. The molecule has 3 fully saturated rings. The van der Waals surface area contributed by atoms with E-state index in [9.17, 15) is 24.9 Å². The summed E-state index contributed by atoms with van der Waals surface area (Å²) in [6.45, 7) is 5.01. The van der Waals surface area contributed by atoms with Crippen molar-refractivity contribution in [2.24, 2.45) is 46.7 Å². The molecule has 11 nitrogen and oxygen atoms in total. The summed E-state index contributed by atoms with van der Waals surface area (Å²) in [5.41, 5.74) is 14.0. The molecule has 11 atom stereocenters. The van der Waals surface area contributed by atoms with Crippen molar-refractivity contribution in [1.82, 2.24) is 21.3 Å². The van der Waals surface area contributed by atoms with Crippen LogP contribution in [0, 0.1) is 40.9 Å². The zero-order chi connectivity index (χ0) is 50.2. The van der Waals surface area contributed by atoms with Crippen LogP contribution in [0.15, 0.2) is 121 Å². The monoisotopic (exact) mass is 978 g/mol. The van der Waals surface area contributed by atoms with Crippen molar-refractivity contribution in [3.8, 4) is 11.5 Å². The van der Waals surface area contributed by atoms with Crippen LogP contribution in [-0.4, -0.2) is 91.1 Å². The lowest BCUT2D eigenvalue weighted by Gasteiger charge is -2.54. The minimum atomic E-state index is -0.447. The minimum absolute atomic E-state index is 0.0142. The van der Waals surface area contributed by atoms with Crippen molar-refractivity contribution < 1.29 is 29.6 Å². The molecule has 0 bridgehead atoms. The van der Waals surface area contributed by atoms with E-state index < -0.39 is 12.7 Å². The number of aryl methyl sites for hydroxylation is 3. The van der Waals surface area contributed by atoms with Crippen molar-refractivity contribution >= 4 is 17.1 Å². The first-order valence-corrected chi connectivity index (χ1v) is 27.0. The number of nitrogens with two attached hydrogens (primary N) is 1. The van der Waals surface area contributed by atoms with Gasteiger partial charge in [0.1, 0.15) is 5.78 Å². The highest BCUT2D eigenvalue weighted by atomic mass is 16.5. The third kappa shape index (κ3) is 12.6. The van der Waals surface area contributed by atoms with E-state index >= 15 is 0 Å². The van der Waals surface area contributed by atoms with Gasteiger partial charge in [0.25, 0.3) is 0 Å². The molecule has 1 unspecified atom stereocenters. The number of aliphatic hydroxyl groups excluding tert-OH is 2. The zero-order valence-corrected chi connectivity index (χ0v) is 42.5. The number of aromatic hydroxyl groups is 1. The van der Waals surface area contributed by atoms with Crippen LogP contribution in [0.3, 0.4) is 0 Å². The Morgan fingerprint density at radius 1 is 0.958 bits per heavy atom. The maximum Gasteiger partial charge on any atom is 0.163 e. The van der Waals surface area contributed by atoms with Crippen LogP contribution in [0.5, 0.6) is 11.5 Å². The summed E-state index contributed by atoms with van der Waals surface area (Å²) >= 11 is 0. The number of phenols is 1. The van der Waals surface area contributed by atoms with E-state index in [1.807, 2.05) is 25.3 Å². The lowest BCUT2D eigenvalue weighted by atomic mass is 9.55. The number of ketones is 2. The summed E-state index contributed by atoms with van der Waals surface area (Å²) in [7, 11) is 1.47. The average molecular weight is 978 g/mol. The van der Waals surface area contributed by atoms with Gasteiger partial charge in [-0.2, -0.15) is 0 Å². The van der Waals surface area contributed by atoms with Gasteiger partial charge in [0, 0.05) is 37.8 Å². The fourth-order valence-electron chi connectivity index (χ4n) is 13.8. The fourth-order valence-corrected chi connectivity index (χ4v) is 13.8. The number of carbonyl (C=O) groups is 2. The second-order valence-electron chi connectivity index (χ2n) is 22.2. The standard InChI is InChI=1S/C61H79N5O6/c1-39(68)35-65-51-29-50-18-16-43(32-61(50,33-51)34-56-54-19-21-63-36-48(54)24-45-12-7-20-64-60(45)56)23-52(69)30-53(70)26-49(38-67)55-31-58(72-2)57(71)27-46(55)25-47-37-66-59(62)28-44(47)17-15-42-11-6-10-41(22-42)14-13-40-8-4-3-5-9-40/h3-12,16,18,22,26-28,31,37,39,43,45,48,50-51,54,56,59-60,63-68,71H,13-15,17,19-21,23-25,29-30,32-36,38,62H2,1-2H3/b49-26+/t39-,43+,45-,48-,50-,51+,54-,56-,59?,60-,61+/m0/s1. The Balaban J connectivity index is 0.879. The minimum Gasteiger partial charge on any atom is -0.504 e. The van der Waals surface area contributed by atoms with Crippen LogP contribution in [0.4, 0.5) is 0 Å². The Kier molecular flexibility index (Phi) is 17.1. The molecule has 0 spiro atoms. The van der Waals surface area contributed by atoms with Crippen molar-refractivity contribution in [1.29, 1.82) is 0 Å². The van der Waals surface area contributed by atoms with Gasteiger partial charge in [-0.1, -0.05) is 78.9 Å². The Morgan fingerprint density at radius 3 is 2.54 bits per heavy atom. The molecule has 9 rings (SSSR count). The number of benzene rings is 3. The van der Waals surface area contributed by atoms with E-state index in [-0.39, 0.29) is 53.4 Å². The third-order valence-corrected chi connectivity index (χ3v) is 17.1. The van der Waals surface area contributed by atoms with Gasteiger partial charge in [0.2, 0.25) is 0 Å². The number of hydrogen-bond donors (Lipinski definition) is 8. The lowest BCUT2D eigenvalue weighted by molar-refractivity contribution is -0.125. The predicted octanol–water partition coefficient (Wildman–Crippen LogP) is 7.45. The van der Waals surface area contributed by atoms with Gasteiger partial charge in [-0.3, -0.25) is 9.59 Å². The first-order chi connectivity index (χ1) is 34.9. The quantitative estimate of drug-likeness (QED) is 0.0302. The van der Waals surface area contributed by atoms with Gasteiger partial charge in [-0.25, -0.2) is 0 Å². The smallest absolute Gasteiger partial charge is 0.163 e. The third-order valence-electron chi connectivity index (χ3n) is 17.1. The first-order valence-electron chi connectivity index (χ1n) is 27.0. The molecule has 0 aromatic heterocycles. The molecule has 3 heterocycles. The number of hydrogen-bond acceptors (Lipinski definition) is 11. The average Bonchev–Trinajstić information content (AvgIpc) is 3.74. The van der Waals surface area contributed by atoms with E-state index in [1.54, 1.807) is 12.1 Å². The molecule has 0 amide bonds. The molecule has 6 aliphatic rings. The highest BCUT2D eigenvalue weighted by Gasteiger charge is 2.54. The van der Waals surface area contributed by atoms with Gasteiger partial charge in [0.05, 0.1) is 32.4 Å². The molecule has 72 heavy (non-hydrogen) atoms. The van der Waals surface area contributed by atoms with Crippen LogP contribution in [0.2, 0.25) is 0 Å². The van der Waals surface area contributed by atoms with Gasteiger partial charge in [-0.15, -0.1) is 0 Å². The van der Waals surface area contributed by atoms with Crippen molar-refractivity contribution in [3.63, 3.8) is 0 Å². The number of methoxy groups -OCH3 is 1. The van der Waals surface area contributed by atoms with Gasteiger partial charge in [0.15, 0.2) is 17.3 Å². The Bertz CT molecular complexity index is 2530. The Hall–Kier alpha value is -5.14. The number of carbonyl (C=O) groups excluding carboxylic acids is 2. The molecule has 3 aromatic rings. The van der Waals surface area contributed by atoms with E-state index in [0.29, 0.717) is 71.3 Å². The number of piperidine rings is 1. The van der Waals surface area contributed by atoms with Gasteiger partial charge >= 0.3 is 0 Å². The summed E-state index contributed by atoms with van der Waals surface area (Å²) in [5, 5.41) is 46.8. The molecule has 1 saturated heterocycles. The van der Waals surface area contributed by atoms with Crippen molar-refractivity contribution in [2.75, 3.05) is 39.9 Å². The summed E-state index contributed by atoms with van der Waals surface area (Å²) in [6.07, 6.45) is 24.4. The molecule has 384 valence electrons. The highest BCUT2D eigenvalue weighted by molar-refractivity contribution is 6.08. The molecule has 3 aliphatic heterocycles. The largest absolute Gasteiger partial charge is 0.504 e. The summed E-state index contributed by atoms with van der Waals surface area (Å²) < 4.78 is 5.54. The van der Waals surface area contributed by atoms with Crippen LogP contribution < -0.4 is 31.7 Å². The van der Waals surface area contributed by atoms with E-state index in [1.165, 1.54) is 42.7 Å². The van der Waals surface area contributed by atoms with Crippen molar-refractivity contribution in [3.05, 3.63) is 148 Å². The van der Waals surface area contributed by atoms with E-state index in [0.717, 1.165) is 82.1 Å². The van der Waals surface area contributed by atoms with Crippen LogP contribution in [-0.2, 0) is 35.3 Å². The number of ether oxygens (including phenoxy) is 1. The zero-order valence-electron chi connectivity index (χ0n) is 42.5. The maximum absolute atomic E-state index is 14.0. The lowest BCUT2D eigenvalue weighted by Crippen LogP contribution is -2.57. The highest BCUT2D eigenvalue weighted by Crippen LogP contribution is 2.58. The molecule has 0 radical (unpaired) electrons. The van der Waals surface area contributed by atoms with Crippen LogP contribution >= 0.6 is 0 Å². The number of allylic oxidation sites excluding steroid dienone is 5. The van der Waals surface area contributed by atoms with Gasteiger partial charge in [-0.05, 0) is 200 Å². The molecular formula is C61H79N5O6. The van der Waals surface area contributed by atoms with Gasteiger partial charge < -0.3 is 47.1 Å². The van der Waals surface area contributed by atoms with E-state index in [4.69, 9.17) is 10.5 Å². The second kappa shape index (κ2) is 23.8. The van der Waals surface area contributed by atoms with E-state index in [2.05, 4.69) is 94.1 Å². The number of fused-ring (bicyclic) bond motifs is 3. The van der Waals surface area contributed by atoms with Crippen molar-refractivity contribution in [2.45, 2.75) is 115 Å². The predicted molar refractivity (Wildman–Crippen MR) is 286 cm³/mol. The summed E-state index contributed by atoms with van der Waals surface area (Å²) in [5.74, 6) is 2.51. The number of rotatable bonds is 21. The first kappa shape index (κ1) is 51.7. The Morgan fingerprint density at radius 2 is 1.75 bits per heavy atom. The maximum atomic E-state index is 14.0. The normalized spacial score (nSPS) is 29.2. The number of dihydropyridines is 1. The van der Waals surface area contributed by atoms with Crippen LogP contribution in [0.25, 0.3) is 5.57 Å². The Labute approximate surface area is 427 Å². The summed E-state index contributed by atoms with van der Waals surface area (Å²) in [4.78, 5) is 28.0. The second-order valence-corrected chi connectivity index (χ2v) is 22.2. The molecule has 3 aromatic carbocycles. The molecule has 2 saturated carbocycles. The SMILES string of the molecule is COc1cc(/C(=C/C(=O)CC(=O)C[C@H]2C=C[C@H]3C[C@@H](NC[C@H](C)O)C[C@@]3(C[C@H]3[C@H]4CCNC[C@@H]4C[C@@H]4C=CCN[C@H]34)C2)CO)c(CC2=CNC(N)C=C2CCc2cccc(CCc3ccccc3)c2)cc1O. The number of nitrogens with one attached hydrogen (secondary N) is 4. The number of aliphatic hydroxyl groups is 2. The fraction of sp³-hybridized carbons (Fsp3) is 0.508. The topological polar surface area (TPSA) is 178 Å². The molecule has 11 heteroatoms. The summed E-state index contributed by atoms with van der Waals surface area (Å²) in [6, 6.07) is 23.4.